The van der Waals surface area contributed by atoms with Crippen molar-refractivity contribution >= 4 is 11.4 Å². The van der Waals surface area contributed by atoms with Crippen LogP contribution in [0.1, 0.15) is 11.3 Å². The Morgan fingerprint density at radius 1 is 1.06 bits per heavy atom. The van der Waals surface area contributed by atoms with Crippen LogP contribution in [0.4, 0.5) is 15.8 Å². The number of hydrogen-bond donors (Lipinski definition) is 1. The van der Waals surface area contributed by atoms with Gasteiger partial charge in [0.25, 0.3) is 0 Å². The summed E-state index contributed by atoms with van der Waals surface area (Å²) in [5, 5.41) is 20.3. The predicted octanol–water partition coefficient (Wildman–Crippen LogP) is 2.71. The molecule has 0 aliphatic rings. The van der Waals surface area contributed by atoms with Crippen molar-refractivity contribution in [1.82, 2.24) is 4.98 Å². The summed E-state index contributed by atoms with van der Waals surface area (Å²) in [6, 6.07) is 11.1. The molecule has 0 saturated heterocycles. The largest absolute Gasteiger partial charge is 0.354 e. The third-order valence-electron chi connectivity index (χ3n) is 2.25. The standard InChI is InChI=1S/C13H7FN4/c14-13-4-3-10(5-9(13)6-15)18-12-2-1-11(7-16)17-8-12/h1-5,8,18H. The molecule has 1 aromatic heterocycles. The van der Waals surface area contributed by atoms with Crippen LogP contribution in [0.5, 0.6) is 0 Å². The topological polar surface area (TPSA) is 72.5 Å². The van der Waals surface area contributed by atoms with Gasteiger partial charge in [0, 0.05) is 5.69 Å². The molecule has 0 unspecified atom stereocenters. The monoisotopic (exact) mass is 238 g/mol. The fourth-order valence-electron chi connectivity index (χ4n) is 1.39. The molecule has 4 nitrogen and oxygen atoms in total. The zero-order valence-corrected chi connectivity index (χ0v) is 9.18. The molecule has 0 spiro atoms. The van der Waals surface area contributed by atoms with E-state index in [1.54, 1.807) is 18.2 Å². The van der Waals surface area contributed by atoms with Crippen molar-refractivity contribution in [2.24, 2.45) is 0 Å². The van der Waals surface area contributed by atoms with Crippen LogP contribution in [0.25, 0.3) is 0 Å². The van der Waals surface area contributed by atoms with Crippen molar-refractivity contribution in [3.8, 4) is 12.1 Å². The Morgan fingerprint density at radius 2 is 1.83 bits per heavy atom. The Labute approximate surface area is 103 Å². The summed E-state index contributed by atoms with van der Waals surface area (Å²) in [4.78, 5) is 3.89. The molecule has 0 aliphatic carbocycles. The van der Waals surface area contributed by atoms with Crippen molar-refractivity contribution in [3.63, 3.8) is 0 Å². The minimum absolute atomic E-state index is 0.0263. The molecule has 0 saturated carbocycles. The fraction of sp³-hybridized carbons (Fsp3) is 0. The summed E-state index contributed by atoms with van der Waals surface area (Å²) in [6.45, 7) is 0. The second kappa shape index (κ2) is 4.94. The Bertz CT molecular complexity index is 650. The highest BCUT2D eigenvalue weighted by atomic mass is 19.1. The van der Waals surface area contributed by atoms with Crippen LogP contribution < -0.4 is 5.32 Å². The molecule has 0 aliphatic heterocycles. The molecular weight excluding hydrogens is 231 g/mol. The van der Waals surface area contributed by atoms with Crippen LogP contribution in [-0.2, 0) is 0 Å². The van der Waals surface area contributed by atoms with E-state index < -0.39 is 5.82 Å². The van der Waals surface area contributed by atoms with E-state index in [2.05, 4.69) is 10.3 Å². The molecule has 1 heterocycles. The number of nitrogens with one attached hydrogen (secondary N) is 1. The SMILES string of the molecule is N#Cc1ccc(Nc2ccc(F)c(C#N)c2)cn1. The van der Waals surface area contributed by atoms with Crippen LogP contribution in [-0.4, -0.2) is 4.98 Å². The molecule has 0 amide bonds. The quantitative estimate of drug-likeness (QED) is 0.872. The van der Waals surface area contributed by atoms with Crippen molar-refractivity contribution in [2.45, 2.75) is 0 Å². The molecule has 1 N–H and O–H groups in total. The number of halogens is 1. The van der Waals surface area contributed by atoms with Gasteiger partial charge in [-0.3, -0.25) is 0 Å². The fourth-order valence-corrected chi connectivity index (χ4v) is 1.39. The van der Waals surface area contributed by atoms with Crippen molar-refractivity contribution in [3.05, 3.63) is 53.6 Å². The highest BCUT2D eigenvalue weighted by molar-refractivity contribution is 5.61. The first-order valence-electron chi connectivity index (χ1n) is 5.06. The molecule has 2 aromatic rings. The van der Waals surface area contributed by atoms with Crippen molar-refractivity contribution < 1.29 is 4.39 Å². The first kappa shape index (κ1) is 11.6. The lowest BCUT2D eigenvalue weighted by Crippen LogP contribution is -1.94. The lowest BCUT2D eigenvalue weighted by molar-refractivity contribution is 0.624. The minimum Gasteiger partial charge on any atom is -0.354 e. The highest BCUT2D eigenvalue weighted by Gasteiger charge is 2.03. The predicted molar refractivity (Wildman–Crippen MR) is 63.3 cm³/mol. The van der Waals surface area contributed by atoms with Gasteiger partial charge in [-0.1, -0.05) is 0 Å². The smallest absolute Gasteiger partial charge is 0.141 e. The summed E-state index contributed by atoms with van der Waals surface area (Å²) in [5.74, 6) is -0.555. The van der Waals surface area contributed by atoms with E-state index in [0.29, 0.717) is 17.1 Å². The number of nitriles is 2. The number of aromatic nitrogens is 1. The van der Waals surface area contributed by atoms with Gasteiger partial charge in [-0.15, -0.1) is 0 Å². The molecule has 18 heavy (non-hydrogen) atoms. The second-order valence-corrected chi connectivity index (χ2v) is 3.48. The third-order valence-corrected chi connectivity index (χ3v) is 2.25. The maximum Gasteiger partial charge on any atom is 0.141 e. The lowest BCUT2D eigenvalue weighted by Gasteiger charge is -2.06. The van der Waals surface area contributed by atoms with Gasteiger partial charge >= 0.3 is 0 Å². The Morgan fingerprint density at radius 3 is 2.44 bits per heavy atom. The van der Waals surface area contributed by atoms with Gasteiger partial charge in [-0.05, 0) is 30.3 Å². The minimum atomic E-state index is -0.555. The maximum atomic E-state index is 13.1. The van der Waals surface area contributed by atoms with Crippen LogP contribution >= 0.6 is 0 Å². The number of nitrogens with zero attached hydrogens (tertiary/aromatic N) is 3. The summed E-state index contributed by atoms with van der Waals surface area (Å²) < 4.78 is 13.1. The molecule has 0 fully saturated rings. The average Bonchev–Trinajstić information content (AvgIpc) is 2.42. The van der Waals surface area contributed by atoms with Crippen molar-refractivity contribution in [1.29, 1.82) is 10.5 Å². The van der Waals surface area contributed by atoms with Crippen LogP contribution in [0.2, 0.25) is 0 Å². The van der Waals surface area contributed by atoms with E-state index in [1.165, 1.54) is 24.4 Å². The second-order valence-electron chi connectivity index (χ2n) is 3.48. The van der Waals surface area contributed by atoms with E-state index in [-0.39, 0.29) is 5.56 Å². The molecule has 86 valence electrons. The van der Waals surface area contributed by atoms with E-state index in [1.807, 2.05) is 6.07 Å². The number of benzene rings is 1. The molecule has 0 radical (unpaired) electrons. The molecule has 2 rings (SSSR count). The van der Waals surface area contributed by atoms with Crippen molar-refractivity contribution in [2.75, 3.05) is 5.32 Å². The van der Waals surface area contributed by atoms with Gasteiger partial charge in [-0.25, -0.2) is 9.37 Å². The summed E-state index contributed by atoms with van der Waals surface area (Å²) >= 11 is 0. The van der Waals surface area contributed by atoms with Gasteiger partial charge in [0.1, 0.15) is 23.6 Å². The number of rotatable bonds is 2. The van der Waals surface area contributed by atoms with Gasteiger partial charge in [0.15, 0.2) is 0 Å². The van der Waals surface area contributed by atoms with Gasteiger partial charge < -0.3 is 5.32 Å². The summed E-state index contributed by atoms with van der Waals surface area (Å²) in [7, 11) is 0. The summed E-state index contributed by atoms with van der Waals surface area (Å²) in [6.07, 6.45) is 1.49. The normalized spacial score (nSPS) is 9.28. The van der Waals surface area contributed by atoms with Gasteiger partial charge in [0.2, 0.25) is 0 Å². The molecule has 0 bridgehead atoms. The zero-order valence-electron chi connectivity index (χ0n) is 9.18. The molecule has 5 heteroatoms. The molecule has 1 aromatic carbocycles. The first-order valence-corrected chi connectivity index (χ1v) is 5.06. The van der Waals surface area contributed by atoms with Gasteiger partial charge in [-0.2, -0.15) is 10.5 Å². The van der Waals surface area contributed by atoms with E-state index in [4.69, 9.17) is 10.5 Å². The highest BCUT2D eigenvalue weighted by Crippen LogP contribution is 2.18. The van der Waals surface area contributed by atoms with Crippen LogP contribution in [0, 0.1) is 28.5 Å². The number of pyridine rings is 1. The van der Waals surface area contributed by atoms with Crippen LogP contribution in [0.3, 0.4) is 0 Å². The zero-order chi connectivity index (χ0) is 13.0. The Kier molecular flexibility index (Phi) is 3.17. The van der Waals surface area contributed by atoms with E-state index >= 15 is 0 Å². The summed E-state index contributed by atoms with van der Waals surface area (Å²) in [5.41, 5.74) is 1.53. The van der Waals surface area contributed by atoms with E-state index in [9.17, 15) is 4.39 Å². The molecular formula is C13H7FN4. The van der Waals surface area contributed by atoms with E-state index in [0.717, 1.165) is 0 Å². The Hall–Kier alpha value is -2.92. The average molecular weight is 238 g/mol. The molecule has 0 atom stereocenters. The maximum absolute atomic E-state index is 13.1. The third kappa shape index (κ3) is 2.42. The lowest BCUT2D eigenvalue weighted by atomic mass is 10.2. The number of anilines is 2. The van der Waals surface area contributed by atoms with Gasteiger partial charge in [0.05, 0.1) is 17.4 Å². The van der Waals surface area contributed by atoms with Crippen LogP contribution in [0.15, 0.2) is 36.5 Å². The number of hydrogen-bond acceptors (Lipinski definition) is 4. The first-order chi connectivity index (χ1) is 8.72. The Balaban J connectivity index is 2.24.